The monoisotopic (exact) mass is 469 g/mol. The van der Waals surface area contributed by atoms with Gasteiger partial charge in [0.1, 0.15) is 5.75 Å². The number of carbonyl (C=O) groups is 1. The van der Waals surface area contributed by atoms with Crippen LogP contribution in [0.25, 0.3) is 0 Å². The normalized spacial score (nSPS) is 19.9. The number of halogens is 3. The Bertz CT molecular complexity index is 1120. The van der Waals surface area contributed by atoms with Gasteiger partial charge in [-0.15, -0.1) is 0 Å². The van der Waals surface area contributed by atoms with Crippen LogP contribution in [0.2, 0.25) is 0 Å². The minimum atomic E-state index is -4.86. The summed E-state index contributed by atoms with van der Waals surface area (Å²) in [4.78, 5) is 15.9. The third kappa shape index (κ3) is 4.14. The third-order valence-electron chi connectivity index (χ3n) is 5.59. The van der Waals surface area contributed by atoms with Crippen LogP contribution in [0.3, 0.4) is 0 Å². The average Bonchev–Trinajstić information content (AvgIpc) is 2.77. The number of alkyl halides is 3. The molecule has 2 aliphatic rings. The Kier molecular flexibility index (Phi) is 5.80. The number of hydrogen-bond donors (Lipinski definition) is 0. The van der Waals surface area contributed by atoms with Gasteiger partial charge in [-0.25, -0.2) is 8.42 Å². The van der Waals surface area contributed by atoms with Crippen LogP contribution in [-0.2, 0) is 21.0 Å². The highest BCUT2D eigenvalue weighted by Crippen LogP contribution is 2.40. The fourth-order valence-corrected chi connectivity index (χ4v) is 5.52. The molecule has 11 heteroatoms. The summed E-state index contributed by atoms with van der Waals surface area (Å²) in [7, 11) is -2.71. The van der Waals surface area contributed by atoms with Gasteiger partial charge in [0.25, 0.3) is 15.9 Å². The molecule has 0 spiro atoms. The van der Waals surface area contributed by atoms with Crippen molar-refractivity contribution in [2.45, 2.75) is 17.2 Å². The Balaban J connectivity index is 1.73. The maximum absolute atomic E-state index is 13.5. The highest BCUT2D eigenvalue weighted by molar-refractivity contribution is 7.93. The van der Waals surface area contributed by atoms with Crippen molar-refractivity contribution in [3.63, 3.8) is 0 Å². The topological polar surface area (TPSA) is 70.2 Å². The van der Waals surface area contributed by atoms with E-state index >= 15 is 0 Å². The van der Waals surface area contributed by atoms with Crippen LogP contribution >= 0.6 is 0 Å². The number of para-hydroxylation sites is 2. The van der Waals surface area contributed by atoms with Gasteiger partial charge in [-0.1, -0.05) is 24.3 Å². The van der Waals surface area contributed by atoms with E-state index < -0.39 is 45.2 Å². The molecule has 4 rings (SSSR count). The van der Waals surface area contributed by atoms with Gasteiger partial charge in [-0.2, -0.15) is 13.2 Å². The molecule has 1 atom stereocenters. The first-order chi connectivity index (χ1) is 15.1. The zero-order valence-electron chi connectivity index (χ0n) is 17.2. The van der Waals surface area contributed by atoms with Crippen LogP contribution in [0.1, 0.15) is 5.56 Å². The maximum Gasteiger partial charge on any atom is 0.417 e. The molecular formula is C21H22F3N3O4S. The summed E-state index contributed by atoms with van der Waals surface area (Å²) >= 11 is 0. The summed E-state index contributed by atoms with van der Waals surface area (Å²) in [6.45, 7) is 1.82. The van der Waals surface area contributed by atoms with E-state index in [1.54, 1.807) is 17.0 Å². The van der Waals surface area contributed by atoms with Gasteiger partial charge in [-0.05, 0) is 31.3 Å². The van der Waals surface area contributed by atoms with E-state index in [9.17, 15) is 26.4 Å². The Morgan fingerprint density at radius 2 is 1.62 bits per heavy atom. The summed E-state index contributed by atoms with van der Waals surface area (Å²) in [5.41, 5.74) is -1.17. The van der Waals surface area contributed by atoms with Crippen molar-refractivity contribution in [3.05, 3.63) is 54.1 Å². The highest BCUT2D eigenvalue weighted by atomic mass is 32.2. The first-order valence-electron chi connectivity index (χ1n) is 10.0. The molecule has 2 aromatic carbocycles. The second-order valence-electron chi connectivity index (χ2n) is 7.73. The smallest absolute Gasteiger partial charge is 0.417 e. The number of anilines is 1. The molecule has 1 fully saturated rings. The Hall–Kier alpha value is -2.79. The number of likely N-dealkylation sites (N-methyl/N-ethyl adjacent to an activating group) is 1. The number of fused-ring (bicyclic) bond motifs is 1. The van der Waals surface area contributed by atoms with Gasteiger partial charge in [-0.3, -0.25) is 9.10 Å². The lowest BCUT2D eigenvalue weighted by atomic mass is 10.2. The van der Waals surface area contributed by atoms with E-state index in [0.29, 0.717) is 26.2 Å². The molecule has 0 saturated carbocycles. The summed E-state index contributed by atoms with van der Waals surface area (Å²) < 4.78 is 74.2. The zero-order valence-corrected chi connectivity index (χ0v) is 18.1. The maximum atomic E-state index is 13.5. The number of sulfonamides is 1. The van der Waals surface area contributed by atoms with Gasteiger partial charge in [0.2, 0.25) is 0 Å². The van der Waals surface area contributed by atoms with Crippen LogP contribution in [0.5, 0.6) is 5.75 Å². The minimum absolute atomic E-state index is 0.0897. The van der Waals surface area contributed by atoms with Crippen molar-refractivity contribution in [3.8, 4) is 5.75 Å². The zero-order chi connectivity index (χ0) is 23.1. The predicted octanol–water partition coefficient (Wildman–Crippen LogP) is 2.44. The molecule has 0 aliphatic carbocycles. The lowest BCUT2D eigenvalue weighted by Gasteiger charge is -2.39. The fraction of sp³-hybridized carbons (Fsp3) is 0.381. The quantitative estimate of drug-likeness (QED) is 0.691. The number of ether oxygens (including phenoxy) is 1. The van der Waals surface area contributed by atoms with E-state index in [4.69, 9.17) is 4.74 Å². The Labute approximate surface area is 184 Å². The van der Waals surface area contributed by atoms with Gasteiger partial charge >= 0.3 is 6.18 Å². The van der Waals surface area contributed by atoms with Crippen molar-refractivity contribution in [2.75, 3.05) is 44.1 Å². The lowest BCUT2D eigenvalue weighted by Crippen LogP contribution is -2.55. The molecule has 2 aromatic rings. The molecule has 32 heavy (non-hydrogen) atoms. The van der Waals surface area contributed by atoms with Crippen molar-refractivity contribution in [1.82, 2.24) is 9.80 Å². The third-order valence-corrected chi connectivity index (χ3v) is 7.42. The van der Waals surface area contributed by atoms with Gasteiger partial charge in [0.15, 0.2) is 6.10 Å². The second-order valence-corrected chi connectivity index (χ2v) is 9.56. The molecule has 2 heterocycles. The van der Waals surface area contributed by atoms with Crippen molar-refractivity contribution >= 4 is 21.6 Å². The van der Waals surface area contributed by atoms with E-state index in [0.717, 1.165) is 22.5 Å². The fourth-order valence-electron chi connectivity index (χ4n) is 3.83. The van der Waals surface area contributed by atoms with Crippen molar-refractivity contribution in [2.24, 2.45) is 0 Å². The Morgan fingerprint density at radius 1 is 1.00 bits per heavy atom. The van der Waals surface area contributed by atoms with E-state index in [1.165, 1.54) is 18.2 Å². The highest BCUT2D eigenvalue weighted by Gasteiger charge is 2.43. The standard InChI is InChI=1S/C21H22F3N3O4S/c1-25-10-12-26(13-11-25)20(28)18-14-27(16-7-3-4-8-17(16)31-18)32(29,30)19-9-5-2-6-15(19)21(22,23)24/h2-9,18H,10-14H2,1H3. The number of nitrogens with zero attached hydrogens (tertiary/aromatic N) is 3. The summed E-state index contributed by atoms with van der Waals surface area (Å²) in [6.07, 6.45) is -6.02. The van der Waals surface area contributed by atoms with E-state index in [-0.39, 0.29) is 11.4 Å². The average molecular weight is 469 g/mol. The van der Waals surface area contributed by atoms with Gasteiger partial charge < -0.3 is 14.5 Å². The molecule has 0 aromatic heterocycles. The Morgan fingerprint density at radius 3 is 2.31 bits per heavy atom. The lowest BCUT2D eigenvalue weighted by molar-refractivity contribution is -0.140. The number of piperazine rings is 1. The second kappa shape index (κ2) is 8.28. The number of hydrogen-bond acceptors (Lipinski definition) is 5. The van der Waals surface area contributed by atoms with Crippen LogP contribution < -0.4 is 9.04 Å². The van der Waals surface area contributed by atoms with E-state index in [1.807, 2.05) is 7.05 Å². The summed E-state index contributed by atoms with van der Waals surface area (Å²) in [5, 5.41) is 0. The van der Waals surface area contributed by atoms with Gasteiger partial charge in [0.05, 0.1) is 22.7 Å². The first-order valence-corrected chi connectivity index (χ1v) is 11.4. The summed E-state index contributed by atoms with van der Waals surface area (Å²) in [5.74, 6) is -0.267. The largest absolute Gasteiger partial charge is 0.476 e. The molecule has 7 nitrogen and oxygen atoms in total. The molecule has 0 bridgehead atoms. The van der Waals surface area contributed by atoms with Crippen molar-refractivity contribution < 1.29 is 31.1 Å². The molecule has 0 radical (unpaired) electrons. The van der Waals surface area contributed by atoms with Crippen LogP contribution in [0.15, 0.2) is 53.4 Å². The van der Waals surface area contributed by atoms with Crippen molar-refractivity contribution in [1.29, 1.82) is 0 Å². The minimum Gasteiger partial charge on any atom is -0.476 e. The number of rotatable bonds is 3. The van der Waals surface area contributed by atoms with Gasteiger partial charge in [0, 0.05) is 26.2 Å². The number of carbonyl (C=O) groups excluding carboxylic acids is 1. The molecule has 0 N–H and O–H groups in total. The predicted molar refractivity (Wildman–Crippen MR) is 111 cm³/mol. The molecular weight excluding hydrogens is 447 g/mol. The molecule has 1 amide bonds. The molecule has 1 saturated heterocycles. The van der Waals surface area contributed by atoms with Crippen LogP contribution in [0, 0.1) is 0 Å². The summed E-state index contributed by atoms with van der Waals surface area (Å²) in [6, 6.07) is 10.1. The van der Waals surface area contributed by atoms with Crippen LogP contribution in [-0.4, -0.2) is 70.0 Å². The number of amides is 1. The SMILES string of the molecule is CN1CCN(C(=O)C2CN(S(=O)(=O)c3ccccc3C(F)(F)F)c3ccccc3O2)CC1. The number of benzene rings is 2. The molecule has 2 aliphatic heterocycles. The first kappa shape index (κ1) is 22.4. The molecule has 172 valence electrons. The molecule has 1 unspecified atom stereocenters. The van der Waals surface area contributed by atoms with Crippen LogP contribution in [0.4, 0.5) is 18.9 Å². The van der Waals surface area contributed by atoms with E-state index in [2.05, 4.69) is 4.90 Å².